The van der Waals surface area contributed by atoms with Gasteiger partial charge < -0.3 is 14.9 Å². The Kier molecular flexibility index (Phi) is 5.44. The molecule has 0 unspecified atom stereocenters. The standard InChI is InChI=1S/C20H26N2O4/c1-14-4-5-15(2)16(12-14)18-17(6-11-26-13-23)20(21-19(18)24)7-9-22(25-3)10-8-20/h4-5,12-13H,6-11H2,1-3H3,(H,21,24). The van der Waals surface area contributed by atoms with Gasteiger partial charge in [0.15, 0.2) is 0 Å². The van der Waals surface area contributed by atoms with Crippen LogP contribution in [0, 0.1) is 13.8 Å². The van der Waals surface area contributed by atoms with Gasteiger partial charge >= 0.3 is 0 Å². The first-order chi connectivity index (χ1) is 12.5. The van der Waals surface area contributed by atoms with Gasteiger partial charge in [-0.1, -0.05) is 23.8 Å². The van der Waals surface area contributed by atoms with Crippen molar-refractivity contribution in [2.75, 3.05) is 26.8 Å². The maximum absolute atomic E-state index is 13.0. The Morgan fingerprint density at radius 1 is 1.27 bits per heavy atom. The number of piperidine rings is 1. The zero-order valence-electron chi connectivity index (χ0n) is 15.6. The molecule has 1 amide bonds. The second kappa shape index (κ2) is 7.60. The second-order valence-corrected chi connectivity index (χ2v) is 7.04. The molecular weight excluding hydrogens is 332 g/mol. The van der Waals surface area contributed by atoms with E-state index in [0.29, 0.717) is 12.9 Å². The molecule has 1 saturated heterocycles. The van der Waals surface area contributed by atoms with Crippen molar-refractivity contribution in [2.24, 2.45) is 0 Å². The molecule has 140 valence electrons. The lowest BCUT2D eigenvalue weighted by molar-refractivity contribution is -0.151. The van der Waals surface area contributed by atoms with Crippen LogP contribution >= 0.6 is 0 Å². The highest BCUT2D eigenvalue weighted by molar-refractivity contribution is 6.24. The van der Waals surface area contributed by atoms with Gasteiger partial charge in [0.05, 0.1) is 19.3 Å². The first kappa shape index (κ1) is 18.6. The average Bonchev–Trinajstić information content (AvgIpc) is 2.89. The van der Waals surface area contributed by atoms with E-state index in [9.17, 15) is 9.59 Å². The number of carbonyl (C=O) groups is 2. The van der Waals surface area contributed by atoms with Gasteiger partial charge in [0, 0.05) is 25.1 Å². The van der Waals surface area contributed by atoms with E-state index in [-0.39, 0.29) is 18.1 Å². The molecule has 1 aromatic carbocycles. The third-order valence-corrected chi connectivity index (χ3v) is 5.49. The van der Waals surface area contributed by atoms with Crippen LogP contribution in [0.5, 0.6) is 0 Å². The molecule has 2 aliphatic heterocycles. The van der Waals surface area contributed by atoms with Gasteiger partial charge in [-0.2, -0.15) is 5.06 Å². The summed E-state index contributed by atoms with van der Waals surface area (Å²) in [6.07, 6.45) is 2.10. The second-order valence-electron chi connectivity index (χ2n) is 7.04. The summed E-state index contributed by atoms with van der Waals surface area (Å²) in [7, 11) is 1.67. The van der Waals surface area contributed by atoms with E-state index in [4.69, 9.17) is 9.57 Å². The van der Waals surface area contributed by atoms with Crippen molar-refractivity contribution in [3.63, 3.8) is 0 Å². The molecule has 1 spiro atoms. The highest BCUT2D eigenvalue weighted by Crippen LogP contribution is 2.42. The number of amides is 1. The first-order valence-electron chi connectivity index (χ1n) is 8.99. The monoisotopic (exact) mass is 358 g/mol. The van der Waals surface area contributed by atoms with Crippen LogP contribution in [0.2, 0.25) is 0 Å². The van der Waals surface area contributed by atoms with Gasteiger partial charge in [0.2, 0.25) is 0 Å². The van der Waals surface area contributed by atoms with Crippen LogP contribution in [-0.4, -0.2) is 49.8 Å². The molecule has 0 bridgehead atoms. The molecule has 6 nitrogen and oxygen atoms in total. The predicted molar refractivity (Wildman–Crippen MR) is 98.2 cm³/mol. The van der Waals surface area contributed by atoms with Crippen LogP contribution in [0.25, 0.3) is 5.57 Å². The lowest BCUT2D eigenvalue weighted by Gasteiger charge is -2.40. The molecule has 6 heteroatoms. The van der Waals surface area contributed by atoms with E-state index in [2.05, 4.69) is 11.4 Å². The Balaban J connectivity index is 2.04. The predicted octanol–water partition coefficient (Wildman–Crippen LogP) is 2.15. The number of ether oxygens (including phenoxy) is 1. The third-order valence-electron chi connectivity index (χ3n) is 5.49. The van der Waals surface area contributed by atoms with Gasteiger partial charge in [0.1, 0.15) is 0 Å². The fourth-order valence-corrected chi connectivity index (χ4v) is 4.07. The number of nitrogens with zero attached hydrogens (tertiary/aromatic N) is 1. The van der Waals surface area contributed by atoms with Crippen molar-refractivity contribution < 1.29 is 19.2 Å². The van der Waals surface area contributed by atoms with Gasteiger partial charge in [0.25, 0.3) is 12.4 Å². The highest BCUT2D eigenvalue weighted by atomic mass is 16.7. The SMILES string of the molecule is CON1CCC2(CC1)NC(=O)C(c1cc(C)ccc1C)=C2CCOC=O. The summed E-state index contributed by atoms with van der Waals surface area (Å²) in [6.45, 7) is 6.27. The lowest BCUT2D eigenvalue weighted by Crippen LogP contribution is -2.52. The largest absolute Gasteiger partial charge is 0.468 e. The van der Waals surface area contributed by atoms with E-state index >= 15 is 0 Å². The minimum absolute atomic E-state index is 0.0364. The van der Waals surface area contributed by atoms with Crippen LogP contribution in [0.1, 0.15) is 36.0 Å². The molecule has 2 aliphatic rings. The summed E-state index contributed by atoms with van der Waals surface area (Å²) >= 11 is 0. The topological polar surface area (TPSA) is 67.9 Å². The van der Waals surface area contributed by atoms with Crippen molar-refractivity contribution in [1.29, 1.82) is 0 Å². The summed E-state index contributed by atoms with van der Waals surface area (Å²) in [4.78, 5) is 28.9. The first-order valence-corrected chi connectivity index (χ1v) is 8.99. The maximum Gasteiger partial charge on any atom is 0.293 e. The number of rotatable bonds is 6. The zero-order valence-corrected chi connectivity index (χ0v) is 15.6. The minimum atomic E-state index is -0.385. The lowest BCUT2D eigenvalue weighted by atomic mass is 9.79. The van der Waals surface area contributed by atoms with Gasteiger partial charge in [-0.25, -0.2) is 0 Å². The molecule has 0 saturated carbocycles. The molecule has 26 heavy (non-hydrogen) atoms. The summed E-state index contributed by atoms with van der Waals surface area (Å²) in [5.74, 6) is -0.0364. The molecular formula is C20H26N2O4. The van der Waals surface area contributed by atoms with Gasteiger partial charge in [-0.15, -0.1) is 0 Å². The van der Waals surface area contributed by atoms with Crippen molar-refractivity contribution in [1.82, 2.24) is 10.4 Å². The van der Waals surface area contributed by atoms with Crippen molar-refractivity contribution in [3.8, 4) is 0 Å². The molecule has 0 aliphatic carbocycles. The summed E-state index contributed by atoms with van der Waals surface area (Å²) in [5.41, 5.74) is 4.56. The molecule has 1 N–H and O–H groups in total. The zero-order chi connectivity index (χ0) is 18.7. The number of hydrogen-bond acceptors (Lipinski definition) is 5. The van der Waals surface area contributed by atoms with E-state index in [1.54, 1.807) is 7.11 Å². The Morgan fingerprint density at radius 2 is 2.00 bits per heavy atom. The van der Waals surface area contributed by atoms with Crippen LogP contribution < -0.4 is 5.32 Å². The number of aryl methyl sites for hydroxylation is 2. The smallest absolute Gasteiger partial charge is 0.293 e. The Hall–Kier alpha value is -2.18. The van der Waals surface area contributed by atoms with E-state index in [1.165, 1.54) is 0 Å². The molecule has 1 fully saturated rings. The Labute approximate surface area is 154 Å². The number of carbonyl (C=O) groups excluding carboxylic acids is 2. The van der Waals surface area contributed by atoms with Crippen molar-refractivity contribution in [3.05, 3.63) is 40.5 Å². The van der Waals surface area contributed by atoms with E-state index < -0.39 is 0 Å². The Morgan fingerprint density at radius 3 is 2.65 bits per heavy atom. The van der Waals surface area contributed by atoms with Crippen molar-refractivity contribution in [2.45, 2.75) is 38.6 Å². The molecule has 1 aromatic rings. The number of benzene rings is 1. The van der Waals surface area contributed by atoms with Crippen LogP contribution in [-0.2, 0) is 19.2 Å². The van der Waals surface area contributed by atoms with Gasteiger partial charge in [-0.05, 0) is 43.4 Å². The van der Waals surface area contributed by atoms with Crippen molar-refractivity contribution >= 4 is 18.0 Å². The summed E-state index contributed by atoms with van der Waals surface area (Å²) < 4.78 is 4.96. The molecule has 3 rings (SSSR count). The number of nitrogens with one attached hydrogen (secondary N) is 1. The van der Waals surface area contributed by atoms with Crippen LogP contribution in [0.4, 0.5) is 0 Å². The third kappa shape index (κ3) is 3.39. The maximum atomic E-state index is 13.0. The normalized spacial score (nSPS) is 19.7. The van der Waals surface area contributed by atoms with Crippen LogP contribution in [0.15, 0.2) is 23.8 Å². The highest BCUT2D eigenvalue weighted by Gasteiger charge is 2.46. The Bertz CT molecular complexity index is 733. The summed E-state index contributed by atoms with van der Waals surface area (Å²) in [5, 5.41) is 5.16. The molecule has 0 aromatic heterocycles. The van der Waals surface area contributed by atoms with E-state index in [0.717, 1.165) is 53.8 Å². The molecule has 0 atom stereocenters. The fraction of sp³-hybridized carbons (Fsp3) is 0.500. The number of hydroxylamine groups is 2. The average molecular weight is 358 g/mol. The van der Waals surface area contributed by atoms with Crippen LogP contribution in [0.3, 0.4) is 0 Å². The van der Waals surface area contributed by atoms with E-state index in [1.807, 2.05) is 31.0 Å². The minimum Gasteiger partial charge on any atom is -0.468 e. The number of hydrogen-bond donors (Lipinski definition) is 1. The fourth-order valence-electron chi connectivity index (χ4n) is 4.07. The molecule has 0 radical (unpaired) electrons. The summed E-state index contributed by atoms with van der Waals surface area (Å²) in [6, 6.07) is 6.16. The molecule has 2 heterocycles. The quantitative estimate of drug-likeness (QED) is 0.623. The van der Waals surface area contributed by atoms with Gasteiger partial charge in [-0.3, -0.25) is 9.59 Å².